The Balaban J connectivity index is 2.19. The van der Waals surface area contributed by atoms with Gasteiger partial charge in [-0.2, -0.15) is 0 Å². The van der Waals surface area contributed by atoms with Gasteiger partial charge < -0.3 is 0 Å². The van der Waals surface area contributed by atoms with Crippen LogP contribution in [0.3, 0.4) is 0 Å². The molecule has 0 radical (unpaired) electrons. The number of benzene rings is 2. The van der Waals surface area contributed by atoms with E-state index < -0.39 is 4.59 Å². The molecule has 1 aliphatic heterocycles. The fraction of sp³-hybridized carbons (Fsp3) is 0.250. The fourth-order valence-corrected chi connectivity index (χ4v) is 14.4. The second-order valence-corrected chi connectivity index (χ2v) is 17.1. The lowest BCUT2D eigenvalue weighted by molar-refractivity contribution is 1.24. The Hall–Kier alpha value is -0.0600. The minimum Gasteiger partial charge on any atom is -0.295 e. The van der Waals surface area contributed by atoms with Crippen molar-refractivity contribution in [3.8, 4) is 0 Å². The lowest BCUT2D eigenvalue weighted by atomic mass is 10.2. The maximum Gasteiger partial charge on any atom is 0.147 e. The monoisotopic (exact) mass is 383 g/mol. The molecule has 0 saturated carbocycles. The molecule has 0 saturated heterocycles. The molecule has 3 rings (SSSR count). The molecule has 1 aliphatic rings. The van der Waals surface area contributed by atoms with Crippen LogP contribution in [0.5, 0.6) is 0 Å². The van der Waals surface area contributed by atoms with Crippen molar-refractivity contribution >= 4 is 62.3 Å². The summed E-state index contributed by atoms with van der Waals surface area (Å²) in [6.07, 6.45) is 0. The predicted molar refractivity (Wildman–Crippen MR) is 110 cm³/mol. The molecular formula is C16H18NPS4. The fourth-order valence-electron chi connectivity index (χ4n) is 2.43. The first-order valence-corrected chi connectivity index (χ1v) is 14.0. The molecule has 0 spiro atoms. The van der Waals surface area contributed by atoms with E-state index in [4.69, 9.17) is 11.8 Å². The third-order valence-electron chi connectivity index (χ3n) is 3.24. The standard InChI is InChI=1S/C16H18NPS4/c1-3-20-18(19,21-4-2)17-13-9-5-7-11-15(13)22-16-12-8-6-10-14(16)17/h5-12H,3-4H2,1-2H3. The predicted octanol–water partition coefficient (Wildman–Crippen LogP) is 7.02. The molecule has 116 valence electrons. The smallest absolute Gasteiger partial charge is 0.147 e. The van der Waals surface area contributed by atoms with Crippen molar-refractivity contribution in [2.45, 2.75) is 23.6 Å². The Kier molecular flexibility index (Phi) is 5.51. The minimum atomic E-state index is -1.77. The molecule has 0 atom stereocenters. The number of hydrogen-bond donors (Lipinski definition) is 0. The van der Waals surface area contributed by atoms with Crippen molar-refractivity contribution in [1.29, 1.82) is 0 Å². The summed E-state index contributed by atoms with van der Waals surface area (Å²) in [6.45, 7) is 4.41. The van der Waals surface area contributed by atoms with Gasteiger partial charge in [0.1, 0.15) is 4.59 Å². The molecule has 1 nitrogen and oxygen atoms in total. The van der Waals surface area contributed by atoms with Crippen LogP contribution in [0.25, 0.3) is 0 Å². The highest BCUT2D eigenvalue weighted by Crippen LogP contribution is 2.76. The molecule has 2 aromatic carbocycles. The molecule has 2 aromatic rings. The summed E-state index contributed by atoms with van der Waals surface area (Å²) >= 11 is 12.0. The first kappa shape index (κ1) is 16.8. The van der Waals surface area contributed by atoms with Crippen LogP contribution < -0.4 is 4.67 Å². The Morgan fingerprint density at radius 3 is 1.82 bits per heavy atom. The van der Waals surface area contributed by atoms with Gasteiger partial charge >= 0.3 is 0 Å². The molecule has 0 amide bonds. The van der Waals surface area contributed by atoms with E-state index in [1.54, 1.807) is 0 Å². The maximum absolute atomic E-state index is 6.23. The summed E-state index contributed by atoms with van der Waals surface area (Å²) in [5.74, 6) is 2.11. The normalized spacial score (nSPS) is 13.6. The summed E-state index contributed by atoms with van der Waals surface area (Å²) in [6, 6.07) is 17.3. The van der Waals surface area contributed by atoms with E-state index in [0.717, 1.165) is 11.5 Å². The lowest BCUT2D eigenvalue weighted by Gasteiger charge is -2.39. The third kappa shape index (κ3) is 3.11. The molecule has 6 heteroatoms. The van der Waals surface area contributed by atoms with E-state index in [-0.39, 0.29) is 0 Å². The van der Waals surface area contributed by atoms with Crippen LogP contribution in [0.1, 0.15) is 13.8 Å². The molecule has 1 heterocycles. The summed E-state index contributed by atoms with van der Waals surface area (Å²) < 4.78 is 0.691. The molecule has 0 aromatic heterocycles. The highest BCUT2D eigenvalue weighted by Gasteiger charge is 2.33. The third-order valence-corrected chi connectivity index (χ3v) is 15.2. The zero-order valence-electron chi connectivity index (χ0n) is 12.6. The van der Waals surface area contributed by atoms with E-state index in [2.05, 4.69) is 67.0 Å². The minimum absolute atomic E-state index is 1.05. The number of para-hydroxylation sites is 2. The van der Waals surface area contributed by atoms with Crippen LogP contribution in [0.2, 0.25) is 0 Å². The molecule has 0 bridgehead atoms. The topological polar surface area (TPSA) is 3.24 Å². The van der Waals surface area contributed by atoms with Gasteiger partial charge in [-0.25, -0.2) is 0 Å². The van der Waals surface area contributed by atoms with E-state index >= 15 is 0 Å². The van der Waals surface area contributed by atoms with Crippen LogP contribution in [0.15, 0.2) is 58.3 Å². The van der Waals surface area contributed by atoms with Gasteiger partial charge in [-0.05, 0) is 35.8 Å². The average Bonchev–Trinajstić information content (AvgIpc) is 2.52. The molecule has 0 aliphatic carbocycles. The van der Waals surface area contributed by atoms with Crippen molar-refractivity contribution in [1.82, 2.24) is 0 Å². The molecular weight excluding hydrogens is 365 g/mol. The van der Waals surface area contributed by atoms with E-state index in [1.165, 1.54) is 21.2 Å². The number of anilines is 2. The first-order valence-electron chi connectivity index (χ1n) is 7.25. The molecule has 0 fully saturated rings. The summed E-state index contributed by atoms with van der Waals surface area (Å²) in [4.78, 5) is 2.62. The summed E-state index contributed by atoms with van der Waals surface area (Å²) in [5, 5.41) is 0. The van der Waals surface area contributed by atoms with E-state index in [9.17, 15) is 0 Å². The van der Waals surface area contributed by atoms with Crippen LogP contribution in [-0.4, -0.2) is 11.5 Å². The quantitative estimate of drug-likeness (QED) is 0.509. The first-order chi connectivity index (χ1) is 10.7. The van der Waals surface area contributed by atoms with Gasteiger partial charge in [0.05, 0.1) is 11.4 Å². The number of fused-ring (bicyclic) bond motifs is 2. The molecule has 0 unspecified atom stereocenters. The summed E-state index contributed by atoms with van der Waals surface area (Å²) in [7, 11) is 0. The van der Waals surface area contributed by atoms with Gasteiger partial charge in [0.15, 0.2) is 0 Å². The number of hydrogen-bond acceptors (Lipinski definition) is 4. The van der Waals surface area contributed by atoms with Crippen LogP contribution in [-0.2, 0) is 11.8 Å². The van der Waals surface area contributed by atoms with Gasteiger partial charge in [0.2, 0.25) is 0 Å². The Labute approximate surface area is 150 Å². The van der Waals surface area contributed by atoms with Crippen LogP contribution in [0.4, 0.5) is 11.4 Å². The van der Waals surface area contributed by atoms with Crippen LogP contribution >= 0.6 is 39.1 Å². The van der Waals surface area contributed by atoms with Crippen molar-refractivity contribution < 1.29 is 0 Å². The summed E-state index contributed by atoms with van der Waals surface area (Å²) in [5.41, 5.74) is 2.55. The average molecular weight is 384 g/mol. The van der Waals surface area contributed by atoms with Crippen molar-refractivity contribution in [3.05, 3.63) is 48.5 Å². The van der Waals surface area contributed by atoms with Crippen molar-refractivity contribution in [3.63, 3.8) is 0 Å². The zero-order valence-corrected chi connectivity index (χ0v) is 16.7. The van der Waals surface area contributed by atoms with Gasteiger partial charge in [-0.1, -0.05) is 84.4 Å². The van der Waals surface area contributed by atoms with Gasteiger partial charge in [0.25, 0.3) is 0 Å². The van der Waals surface area contributed by atoms with Crippen LogP contribution in [0, 0.1) is 0 Å². The SMILES string of the molecule is CCSP(=S)(SCC)N1c2ccccc2Sc2ccccc21. The Bertz CT molecular complexity index is 663. The lowest BCUT2D eigenvalue weighted by Crippen LogP contribution is -2.15. The van der Waals surface area contributed by atoms with Crippen molar-refractivity contribution in [2.75, 3.05) is 16.2 Å². The highest BCUT2D eigenvalue weighted by atomic mass is 33.2. The van der Waals surface area contributed by atoms with Gasteiger partial charge in [0, 0.05) is 9.79 Å². The van der Waals surface area contributed by atoms with Crippen molar-refractivity contribution in [2.24, 2.45) is 0 Å². The Morgan fingerprint density at radius 1 is 0.909 bits per heavy atom. The maximum atomic E-state index is 6.23. The molecule has 22 heavy (non-hydrogen) atoms. The number of rotatable bonds is 5. The largest absolute Gasteiger partial charge is 0.295 e. The zero-order chi connectivity index (χ0) is 15.6. The number of nitrogens with zero attached hydrogens (tertiary/aromatic N) is 1. The molecule has 0 N–H and O–H groups in total. The van der Waals surface area contributed by atoms with Gasteiger partial charge in [-0.3, -0.25) is 4.67 Å². The second kappa shape index (κ2) is 7.23. The Morgan fingerprint density at radius 2 is 1.36 bits per heavy atom. The highest BCUT2D eigenvalue weighted by molar-refractivity contribution is 9.00. The second-order valence-electron chi connectivity index (χ2n) is 4.65. The van der Waals surface area contributed by atoms with E-state index in [1.807, 2.05) is 34.5 Å². The van der Waals surface area contributed by atoms with Gasteiger partial charge in [-0.15, -0.1) is 0 Å². The van der Waals surface area contributed by atoms with E-state index in [0.29, 0.717) is 0 Å².